The Labute approximate surface area is 240 Å². The number of allylic oxidation sites excluding steroid dienone is 2. The van der Waals surface area contributed by atoms with E-state index in [9.17, 15) is 22.4 Å². The zero-order chi connectivity index (χ0) is 29.3. The first-order valence-corrected chi connectivity index (χ1v) is 13.3. The van der Waals surface area contributed by atoms with Gasteiger partial charge in [-0.25, -0.2) is 31.7 Å². The summed E-state index contributed by atoms with van der Waals surface area (Å²) in [6, 6.07) is 10.4. The molecule has 0 saturated carbocycles. The molecule has 4 aromatic rings. The Morgan fingerprint density at radius 2 is 1.61 bits per heavy atom. The van der Waals surface area contributed by atoms with Crippen LogP contribution in [0.3, 0.4) is 0 Å². The van der Waals surface area contributed by atoms with Crippen molar-refractivity contribution in [3.8, 4) is 11.6 Å². The lowest BCUT2D eigenvalue weighted by Crippen LogP contribution is -2.13. The van der Waals surface area contributed by atoms with Crippen LogP contribution in [-0.2, 0) is 6.61 Å². The maximum Gasteiger partial charge on any atom is 0.346 e. The van der Waals surface area contributed by atoms with Gasteiger partial charge in [0.1, 0.15) is 29.9 Å². The standard InChI is InChI=1S/C31H21BrF5NO3/c1-16-9-18(10-25(29(16)37)31(39)41-28-8-7-21(34)13-27(28)36)22-3-2-4-23(22)24-11-19(32)14-38-30(24)40-15-17-5-6-20(33)12-26(17)35/h5-14H,2-4,15H2,1H3. The second-order valence-electron chi connectivity index (χ2n) is 9.46. The molecule has 0 amide bonds. The highest BCUT2D eigenvalue weighted by Gasteiger charge is 2.25. The molecule has 0 radical (unpaired) electrons. The smallest absolute Gasteiger partial charge is 0.346 e. The second kappa shape index (κ2) is 11.8. The first kappa shape index (κ1) is 28.5. The van der Waals surface area contributed by atoms with Crippen LogP contribution in [0.2, 0.25) is 0 Å². The summed E-state index contributed by atoms with van der Waals surface area (Å²) in [6.45, 7) is 1.30. The third-order valence-corrected chi connectivity index (χ3v) is 7.09. The summed E-state index contributed by atoms with van der Waals surface area (Å²) in [6.07, 6.45) is 3.49. The van der Waals surface area contributed by atoms with Crippen LogP contribution in [0.4, 0.5) is 22.0 Å². The average molecular weight is 630 g/mol. The first-order chi connectivity index (χ1) is 19.6. The number of hydrogen-bond acceptors (Lipinski definition) is 4. The molecule has 1 aliphatic carbocycles. The van der Waals surface area contributed by atoms with Crippen molar-refractivity contribution in [1.82, 2.24) is 4.98 Å². The molecule has 0 spiro atoms. The van der Waals surface area contributed by atoms with Gasteiger partial charge >= 0.3 is 5.97 Å². The van der Waals surface area contributed by atoms with E-state index in [1.165, 1.54) is 25.3 Å². The van der Waals surface area contributed by atoms with E-state index >= 15 is 4.39 Å². The van der Waals surface area contributed by atoms with Crippen LogP contribution in [0.5, 0.6) is 11.6 Å². The zero-order valence-corrected chi connectivity index (χ0v) is 23.1. The number of benzene rings is 3. The van der Waals surface area contributed by atoms with E-state index in [0.717, 1.165) is 41.8 Å². The number of halogens is 6. The van der Waals surface area contributed by atoms with Gasteiger partial charge in [-0.1, -0.05) is 0 Å². The Morgan fingerprint density at radius 1 is 0.902 bits per heavy atom. The lowest BCUT2D eigenvalue weighted by Gasteiger charge is -2.16. The predicted molar refractivity (Wildman–Crippen MR) is 146 cm³/mol. The normalized spacial score (nSPS) is 13.0. The molecule has 3 aromatic carbocycles. The van der Waals surface area contributed by atoms with Gasteiger partial charge in [-0.15, -0.1) is 0 Å². The second-order valence-corrected chi connectivity index (χ2v) is 10.4. The van der Waals surface area contributed by atoms with Crippen LogP contribution in [0.15, 0.2) is 65.3 Å². The quantitative estimate of drug-likeness (QED) is 0.116. The highest BCUT2D eigenvalue weighted by Crippen LogP contribution is 2.43. The number of carbonyl (C=O) groups is 1. The Kier molecular flexibility index (Phi) is 8.21. The van der Waals surface area contributed by atoms with Crippen molar-refractivity contribution in [3.05, 3.63) is 122 Å². The molecule has 0 unspecified atom stereocenters. The largest absolute Gasteiger partial charge is 0.472 e. The topological polar surface area (TPSA) is 48.4 Å². The Hall–Kier alpha value is -4.05. The van der Waals surface area contributed by atoms with Crippen molar-refractivity contribution in [1.29, 1.82) is 0 Å². The summed E-state index contributed by atoms with van der Waals surface area (Å²) in [7, 11) is 0. The Morgan fingerprint density at radius 3 is 2.34 bits per heavy atom. The Balaban J connectivity index is 1.51. The number of rotatable bonds is 7. The lowest BCUT2D eigenvalue weighted by atomic mass is 9.94. The van der Waals surface area contributed by atoms with Crippen LogP contribution in [0.25, 0.3) is 11.1 Å². The molecule has 1 aliphatic rings. The third kappa shape index (κ3) is 6.17. The van der Waals surface area contributed by atoms with E-state index in [1.54, 1.807) is 12.1 Å². The van der Waals surface area contributed by atoms with Gasteiger partial charge in [0, 0.05) is 33.9 Å². The minimum Gasteiger partial charge on any atom is -0.472 e. The zero-order valence-electron chi connectivity index (χ0n) is 21.5. The molecule has 0 fully saturated rings. The minimum atomic E-state index is -1.13. The number of nitrogens with zero attached hydrogens (tertiary/aromatic N) is 1. The summed E-state index contributed by atoms with van der Waals surface area (Å²) in [5, 5.41) is 0. The molecule has 0 atom stereocenters. The fourth-order valence-electron chi connectivity index (χ4n) is 4.71. The van der Waals surface area contributed by atoms with E-state index < -0.39 is 46.4 Å². The fraction of sp³-hybridized carbons (Fsp3) is 0.161. The summed E-state index contributed by atoms with van der Waals surface area (Å²) in [5.74, 6) is -5.65. The SMILES string of the molecule is Cc1cc(C2=C(c3cc(Br)cnc3OCc3ccc(F)cc3F)CCC2)cc(C(=O)Oc2ccc(F)cc2F)c1F. The van der Waals surface area contributed by atoms with Crippen molar-refractivity contribution in [2.24, 2.45) is 0 Å². The molecule has 10 heteroatoms. The summed E-state index contributed by atoms with van der Waals surface area (Å²) in [4.78, 5) is 17.2. The van der Waals surface area contributed by atoms with Gasteiger partial charge in [-0.05, 0) is 107 Å². The molecule has 5 rings (SSSR count). The maximum absolute atomic E-state index is 15.1. The predicted octanol–water partition coefficient (Wildman–Crippen LogP) is 8.74. The van der Waals surface area contributed by atoms with Crippen molar-refractivity contribution >= 4 is 33.0 Å². The van der Waals surface area contributed by atoms with Crippen LogP contribution in [0, 0.1) is 36.0 Å². The number of esters is 1. The van der Waals surface area contributed by atoms with Gasteiger partial charge in [0.2, 0.25) is 5.88 Å². The molecular formula is C31H21BrF5NO3. The van der Waals surface area contributed by atoms with E-state index in [-0.39, 0.29) is 23.6 Å². The van der Waals surface area contributed by atoms with Gasteiger partial charge in [0.05, 0.1) is 5.56 Å². The highest BCUT2D eigenvalue weighted by molar-refractivity contribution is 9.10. The first-order valence-electron chi connectivity index (χ1n) is 12.5. The van der Waals surface area contributed by atoms with E-state index in [1.807, 2.05) is 0 Å². The van der Waals surface area contributed by atoms with E-state index in [0.29, 0.717) is 34.5 Å². The van der Waals surface area contributed by atoms with Crippen molar-refractivity contribution in [2.45, 2.75) is 32.8 Å². The molecule has 41 heavy (non-hydrogen) atoms. The molecular weight excluding hydrogens is 609 g/mol. The number of hydrogen-bond donors (Lipinski definition) is 0. The van der Waals surface area contributed by atoms with Gasteiger partial charge < -0.3 is 9.47 Å². The summed E-state index contributed by atoms with van der Waals surface area (Å²) in [5.41, 5.74) is 2.74. The van der Waals surface area contributed by atoms with Gasteiger partial charge in [-0.2, -0.15) is 0 Å². The van der Waals surface area contributed by atoms with Crippen molar-refractivity contribution in [2.75, 3.05) is 0 Å². The average Bonchev–Trinajstić information content (AvgIpc) is 3.41. The number of carbonyl (C=O) groups excluding carboxylic acids is 1. The number of aromatic nitrogens is 1. The van der Waals surface area contributed by atoms with Gasteiger partial charge in [0.25, 0.3) is 0 Å². The third-order valence-electron chi connectivity index (χ3n) is 6.66. The van der Waals surface area contributed by atoms with Gasteiger partial charge in [-0.3, -0.25) is 0 Å². The van der Waals surface area contributed by atoms with Gasteiger partial charge in [0.15, 0.2) is 11.6 Å². The van der Waals surface area contributed by atoms with Crippen LogP contribution < -0.4 is 9.47 Å². The molecule has 4 nitrogen and oxygen atoms in total. The number of pyridine rings is 1. The maximum atomic E-state index is 15.1. The lowest BCUT2D eigenvalue weighted by molar-refractivity contribution is 0.0722. The molecule has 0 saturated heterocycles. The van der Waals surface area contributed by atoms with Crippen molar-refractivity contribution in [3.63, 3.8) is 0 Å². The monoisotopic (exact) mass is 629 g/mol. The van der Waals surface area contributed by atoms with Crippen molar-refractivity contribution < 1.29 is 36.2 Å². The number of aryl methyl sites for hydroxylation is 1. The van der Waals surface area contributed by atoms with Crippen LogP contribution >= 0.6 is 15.9 Å². The minimum absolute atomic E-state index is 0.151. The molecule has 0 aliphatic heterocycles. The molecule has 0 N–H and O–H groups in total. The highest BCUT2D eigenvalue weighted by atomic mass is 79.9. The molecule has 1 aromatic heterocycles. The molecule has 1 heterocycles. The van der Waals surface area contributed by atoms with E-state index in [4.69, 9.17) is 9.47 Å². The molecule has 210 valence electrons. The number of ether oxygens (including phenoxy) is 2. The molecule has 0 bridgehead atoms. The van der Waals surface area contributed by atoms with Crippen LogP contribution in [0.1, 0.15) is 51.9 Å². The fourth-order valence-corrected chi connectivity index (χ4v) is 5.04. The Bertz CT molecular complexity index is 1710. The summed E-state index contributed by atoms with van der Waals surface area (Å²) >= 11 is 3.42. The summed E-state index contributed by atoms with van der Waals surface area (Å²) < 4.78 is 81.5. The van der Waals surface area contributed by atoms with E-state index in [2.05, 4.69) is 20.9 Å². The van der Waals surface area contributed by atoms with Crippen LogP contribution in [-0.4, -0.2) is 11.0 Å².